The van der Waals surface area contributed by atoms with Crippen LogP contribution >= 0.6 is 0 Å². The van der Waals surface area contributed by atoms with Crippen molar-refractivity contribution in [3.8, 4) is 0 Å². The highest BCUT2D eigenvalue weighted by molar-refractivity contribution is 7.87. The van der Waals surface area contributed by atoms with Crippen LogP contribution in [0.2, 0.25) is 0 Å². The van der Waals surface area contributed by atoms with Crippen molar-refractivity contribution in [3.05, 3.63) is 0 Å². The lowest BCUT2D eigenvalue weighted by atomic mass is 9.96. The van der Waals surface area contributed by atoms with Crippen LogP contribution in [0.1, 0.15) is 40.0 Å². The van der Waals surface area contributed by atoms with Crippen LogP contribution in [0, 0.1) is 5.92 Å². The van der Waals surface area contributed by atoms with E-state index in [1.807, 2.05) is 20.8 Å². The Morgan fingerprint density at radius 2 is 1.88 bits per heavy atom. The molecule has 7 nitrogen and oxygen atoms in total. The molecule has 2 saturated heterocycles. The number of halogens is 1. The standard InChI is InChI=1S/C15H25FN2O5S/c1-15(2,3)23-14(20)17-6-4-11(5-7-17)9-18-10-12(8-13(18)19)24(16,21)22/h11-12H,4-10H2,1-3H3. The second kappa shape index (κ2) is 6.85. The molecular formula is C15H25FN2O5S. The number of carbonyl (C=O) groups excluding carboxylic acids is 2. The van der Waals surface area contributed by atoms with Crippen LogP contribution < -0.4 is 0 Å². The zero-order chi connectivity index (χ0) is 18.1. The average molecular weight is 364 g/mol. The number of hydrogen-bond acceptors (Lipinski definition) is 5. The number of hydrogen-bond donors (Lipinski definition) is 0. The molecule has 1 atom stereocenters. The third-order valence-electron chi connectivity index (χ3n) is 4.32. The van der Waals surface area contributed by atoms with E-state index in [-0.39, 0.29) is 30.9 Å². The van der Waals surface area contributed by atoms with Crippen molar-refractivity contribution in [1.82, 2.24) is 9.80 Å². The number of rotatable bonds is 3. The third-order valence-corrected chi connectivity index (χ3v) is 5.43. The molecule has 0 bridgehead atoms. The Morgan fingerprint density at radius 3 is 2.33 bits per heavy atom. The lowest BCUT2D eigenvalue weighted by molar-refractivity contribution is -0.128. The van der Waals surface area contributed by atoms with Crippen LogP contribution in [0.4, 0.5) is 8.68 Å². The number of ether oxygens (including phenoxy) is 1. The third kappa shape index (κ3) is 5.06. The van der Waals surface area contributed by atoms with Crippen molar-refractivity contribution >= 4 is 22.2 Å². The first kappa shape index (κ1) is 19.0. The zero-order valence-corrected chi connectivity index (χ0v) is 15.1. The van der Waals surface area contributed by atoms with Crippen molar-refractivity contribution in [2.45, 2.75) is 50.9 Å². The molecule has 0 aromatic rings. The topological polar surface area (TPSA) is 84.0 Å². The molecule has 2 heterocycles. The van der Waals surface area contributed by atoms with Gasteiger partial charge in [0, 0.05) is 32.6 Å². The molecule has 1 unspecified atom stereocenters. The zero-order valence-electron chi connectivity index (χ0n) is 14.3. The van der Waals surface area contributed by atoms with Crippen LogP contribution in [0.3, 0.4) is 0 Å². The fourth-order valence-corrected chi connectivity index (χ4v) is 3.74. The van der Waals surface area contributed by atoms with E-state index in [4.69, 9.17) is 4.74 Å². The molecule has 0 N–H and O–H groups in total. The summed E-state index contributed by atoms with van der Waals surface area (Å²) in [6.45, 7) is 6.83. The number of amides is 2. The molecule has 0 aliphatic carbocycles. The van der Waals surface area contributed by atoms with Crippen LogP contribution in [0.15, 0.2) is 0 Å². The van der Waals surface area contributed by atoms with Gasteiger partial charge in [-0.3, -0.25) is 4.79 Å². The molecule has 0 aromatic heterocycles. The summed E-state index contributed by atoms with van der Waals surface area (Å²) >= 11 is 0. The molecule has 2 rings (SSSR count). The Kier molecular flexibility index (Phi) is 5.41. The first-order valence-corrected chi connectivity index (χ1v) is 9.59. The maximum atomic E-state index is 13.0. The fourth-order valence-electron chi connectivity index (χ4n) is 3.04. The molecule has 2 aliphatic rings. The van der Waals surface area contributed by atoms with Gasteiger partial charge in [-0.25, -0.2) is 4.79 Å². The van der Waals surface area contributed by atoms with E-state index in [1.54, 1.807) is 4.90 Å². The van der Waals surface area contributed by atoms with Crippen LogP contribution in [-0.2, 0) is 19.8 Å². The number of nitrogens with zero attached hydrogens (tertiary/aromatic N) is 2. The van der Waals surface area contributed by atoms with Gasteiger partial charge in [-0.1, -0.05) is 0 Å². The van der Waals surface area contributed by atoms with Crippen molar-refractivity contribution in [2.24, 2.45) is 5.92 Å². The van der Waals surface area contributed by atoms with E-state index < -0.39 is 21.1 Å². The Hall–Kier alpha value is -1.38. The minimum absolute atomic E-state index is 0.0794. The molecule has 2 fully saturated rings. The molecule has 2 amide bonds. The molecule has 9 heteroatoms. The SMILES string of the molecule is CC(C)(C)OC(=O)N1CCC(CN2CC(S(=O)(=O)F)CC2=O)CC1. The fraction of sp³-hybridized carbons (Fsp3) is 0.867. The van der Waals surface area contributed by atoms with E-state index in [9.17, 15) is 21.9 Å². The number of piperidine rings is 1. The monoisotopic (exact) mass is 364 g/mol. The van der Waals surface area contributed by atoms with Crippen molar-refractivity contribution in [1.29, 1.82) is 0 Å². The predicted octanol–water partition coefficient (Wildman–Crippen LogP) is 1.53. The smallest absolute Gasteiger partial charge is 0.410 e. The highest BCUT2D eigenvalue weighted by Crippen LogP contribution is 2.25. The van der Waals surface area contributed by atoms with Crippen molar-refractivity contribution < 1.29 is 26.6 Å². The largest absolute Gasteiger partial charge is 0.444 e. The van der Waals surface area contributed by atoms with Gasteiger partial charge in [0.15, 0.2) is 0 Å². The highest BCUT2D eigenvalue weighted by atomic mass is 32.3. The Bertz CT molecular complexity index is 593. The van der Waals surface area contributed by atoms with Gasteiger partial charge in [0.1, 0.15) is 10.9 Å². The maximum absolute atomic E-state index is 13.0. The summed E-state index contributed by atoms with van der Waals surface area (Å²) in [4.78, 5) is 26.9. The second-order valence-corrected chi connectivity index (χ2v) is 9.13. The molecule has 0 spiro atoms. The van der Waals surface area contributed by atoms with Gasteiger partial charge < -0.3 is 14.5 Å². The molecule has 24 heavy (non-hydrogen) atoms. The second-order valence-electron chi connectivity index (χ2n) is 7.51. The van der Waals surface area contributed by atoms with Gasteiger partial charge in [-0.2, -0.15) is 8.42 Å². The predicted molar refractivity (Wildman–Crippen MR) is 85.5 cm³/mol. The Morgan fingerprint density at radius 1 is 1.29 bits per heavy atom. The molecule has 2 aliphatic heterocycles. The van der Waals surface area contributed by atoms with E-state index >= 15 is 0 Å². The molecule has 0 aromatic carbocycles. The summed E-state index contributed by atoms with van der Waals surface area (Å²) in [7, 11) is -4.68. The lowest BCUT2D eigenvalue weighted by Gasteiger charge is -2.34. The summed E-state index contributed by atoms with van der Waals surface area (Å²) < 4.78 is 40.2. The summed E-state index contributed by atoms with van der Waals surface area (Å²) in [6, 6.07) is 0. The summed E-state index contributed by atoms with van der Waals surface area (Å²) in [5, 5.41) is -1.24. The van der Waals surface area contributed by atoms with Gasteiger partial charge >= 0.3 is 16.3 Å². The minimum atomic E-state index is -4.68. The van der Waals surface area contributed by atoms with Crippen molar-refractivity contribution in [3.63, 3.8) is 0 Å². The Labute approximate surface area is 142 Å². The summed E-state index contributed by atoms with van der Waals surface area (Å²) in [5.74, 6) is -0.149. The lowest BCUT2D eigenvalue weighted by Crippen LogP contribution is -2.44. The summed E-state index contributed by atoms with van der Waals surface area (Å²) in [6.07, 6.45) is 0.781. The van der Waals surface area contributed by atoms with Crippen LogP contribution in [0.25, 0.3) is 0 Å². The maximum Gasteiger partial charge on any atom is 0.410 e. The van der Waals surface area contributed by atoms with E-state index in [0.29, 0.717) is 32.5 Å². The Balaban J connectivity index is 1.81. The van der Waals surface area contributed by atoms with E-state index in [0.717, 1.165) is 0 Å². The summed E-state index contributed by atoms with van der Waals surface area (Å²) in [5.41, 5.74) is -0.539. The molecular weight excluding hydrogens is 339 g/mol. The quantitative estimate of drug-likeness (QED) is 0.709. The van der Waals surface area contributed by atoms with Gasteiger partial charge in [-0.15, -0.1) is 3.89 Å². The normalized spacial score (nSPS) is 23.7. The molecule has 138 valence electrons. The van der Waals surface area contributed by atoms with E-state index in [1.165, 1.54) is 4.90 Å². The first-order valence-electron chi connectivity index (χ1n) is 8.15. The van der Waals surface area contributed by atoms with Gasteiger partial charge in [-0.05, 0) is 39.5 Å². The average Bonchev–Trinajstić information content (AvgIpc) is 2.79. The van der Waals surface area contributed by atoms with Gasteiger partial charge in [0.05, 0.1) is 0 Å². The van der Waals surface area contributed by atoms with Crippen LogP contribution in [0.5, 0.6) is 0 Å². The van der Waals surface area contributed by atoms with Crippen molar-refractivity contribution in [2.75, 3.05) is 26.2 Å². The molecule has 0 radical (unpaired) electrons. The van der Waals surface area contributed by atoms with E-state index in [2.05, 4.69) is 0 Å². The minimum Gasteiger partial charge on any atom is -0.444 e. The van der Waals surface area contributed by atoms with Gasteiger partial charge in [0.2, 0.25) is 5.91 Å². The first-order chi connectivity index (χ1) is 11.0. The highest BCUT2D eigenvalue weighted by Gasteiger charge is 2.39. The molecule has 0 saturated carbocycles. The number of likely N-dealkylation sites (tertiary alicyclic amines) is 2. The number of carbonyl (C=O) groups is 2. The van der Waals surface area contributed by atoms with Gasteiger partial charge in [0.25, 0.3) is 0 Å². The van der Waals surface area contributed by atoms with Crippen LogP contribution in [-0.4, -0.2) is 67.2 Å².